The lowest BCUT2D eigenvalue weighted by molar-refractivity contribution is 0.319. The van der Waals surface area contributed by atoms with Gasteiger partial charge in [-0.05, 0) is 19.1 Å². The number of hydrogen-bond donors (Lipinski definition) is 2. The molecule has 0 spiro atoms. The van der Waals surface area contributed by atoms with Gasteiger partial charge < -0.3 is 15.8 Å². The molecule has 0 aromatic heterocycles. The Hall–Kier alpha value is -1.38. The third-order valence-electron chi connectivity index (χ3n) is 2.09. The van der Waals surface area contributed by atoms with E-state index in [1.165, 1.54) is 6.07 Å². The molecule has 0 heterocycles. The molecule has 7 heteroatoms. The first-order valence-electron chi connectivity index (χ1n) is 5.75. The second-order valence-electron chi connectivity index (χ2n) is 4.01. The van der Waals surface area contributed by atoms with Crippen LogP contribution >= 0.6 is 24.0 Å². The minimum Gasteiger partial charge on any atom is -0.492 e. The molecular formula is C13H18F2IN3O. The number of rotatable bonds is 6. The minimum absolute atomic E-state index is 0. The van der Waals surface area contributed by atoms with Gasteiger partial charge in [-0.1, -0.05) is 12.2 Å². The highest BCUT2D eigenvalue weighted by molar-refractivity contribution is 14.0. The largest absolute Gasteiger partial charge is 0.492 e. The molecule has 0 bridgehead atoms. The van der Waals surface area contributed by atoms with Crippen molar-refractivity contribution in [3.8, 4) is 5.75 Å². The smallest absolute Gasteiger partial charge is 0.189 e. The molecule has 0 amide bonds. The van der Waals surface area contributed by atoms with Gasteiger partial charge in [-0.25, -0.2) is 13.8 Å². The Morgan fingerprint density at radius 2 is 2.10 bits per heavy atom. The average molecular weight is 397 g/mol. The van der Waals surface area contributed by atoms with Gasteiger partial charge in [0.25, 0.3) is 0 Å². The first-order chi connectivity index (χ1) is 8.99. The molecule has 0 radical (unpaired) electrons. The van der Waals surface area contributed by atoms with Crippen LogP contribution in [0.15, 0.2) is 35.3 Å². The van der Waals surface area contributed by atoms with Crippen LogP contribution in [0.1, 0.15) is 6.92 Å². The van der Waals surface area contributed by atoms with Crippen LogP contribution in [0.4, 0.5) is 8.78 Å². The van der Waals surface area contributed by atoms with Gasteiger partial charge in [0.2, 0.25) is 0 Å². The number of nitrogens with two attached hydrogens (primary N) is 1. The molecule has 112 valence electrons. The second-order valence-corrected chi connectivity index (χ2v) is 4.01. The Labute approximate surface area is 134 Å². The Kier molecular flexibility index (Phi) is 8.86. The summed E-state index contributed by atoms with van der Waals surface area (Å²) >= 11 is 0. The van der Waals surface area contributed by atoms with E-state index in [0.29, 0.717) is 13.1 Å². The Morgan fingerprint density at radius 3 is 2.70 bits per heavy atom. The van der Waals surface area contributed by atoms with Crippen molar-refractivity contribution in [3.05, 3.63) is 42.0 Å². The molecular weight excluding hydrogens is 379 g/mol. The lowest BCUT2D eigenvalue weighted by atomic mass is 10.3. The summed E-state index contributed by atoms with van der Waals surface area (Å²) in [6.45, 7) is 6.67. The fourth-order valence-corrected chi connectivity index (χ4v) is 1.19. The monoisotopic (exact) mass is 397 g/mol. The molecule has 0 unspecified atom stereocenters. The van der Waals surface area contributed by atoms with Crippen molar-refractivity contribution in [1.82, 2.24) is 5.32 Å². The summed E-state index contributed by atoms with van der Waals surface area (Å²) in [7, 11) is 0. The maximum absolute atomic E-state index is 12.9. The van der Waals surface area contributed by atoms with Gasteiger partial charge in [-0.3, -0.25) is 0 Å². The maximum atomic E-state index is 12.9. The summed E-state index contributed by atoms with van der Waals surface area (Å²) in [5.41, 5.74) is 6.48. The normalized spacial score (nSPS) is 10.7. The van der Waals surface area contributed by atoms with Gasteiger partial charge in [0, 0.05) is 6.07 Å². The first-order valence-corrected chi connectivity index (χ1v) is 5.75. The SMILES string of the molecule is C=C(C)CN=C(N)NCCOc1ccc(F)c(F)c1.I. The Morgan fingerprint density at radius 1 is 1.40 bits per heavy atom. The van der Waals surface area contributed by atoms with E-state index in [2.05, 4.69) is 16.9 Å². The predicted octanol–water partition coefficient (Wildman–Crippen LogP) is 2.44. The van der Waals surface area contributed by atoms with Crippen molar-refractivity contribution >= 4 is 29.9 Å². The van der Waals surface area contributed by atoms with E-state index >= 15 is 0 Å². The molecule has 1 aromatic carbocycles. The predicted molar refractivity (Wildman–Crippen MR) is 86.6 cm³/mol. The number of ether oxygens (including phenoxy) is 1. The maximum Gasteiger partial charge on any atom is 0.189 e. The van der Waals surface area contributed by atoms with E-state index in [0.717, 1.165) is 17.7 Å². The lowest BCUT2D eigenvalue weighted by Gasteiger charge is -2.08. The number of aliphatic imine (C=N–C) groups is 1. The Balaban J connectivity index is 0.00000361. The summed E-state index contributed by atoms with van der Waals surface area (Å²) in [5.74, 6) is -1.29. The lowest BCUT2D eigenvalue weighted by Crippen LogP contribution is -2.34. The first kappa shape index (κ1) is 18.6. The van der Waals surface area contributed by atoms with Crippen LogP contribution in [0.3, 0.4) is 0 Å². The van der Waals surface area contributed by atoms with Gasteiger partial charge in [0.05, 0.1) is 13.1 Å². The van der Waals surface area contributed by atoms with Crippen LogP contribution in [0, 0.1) is 11.6 Å². The fraction of sp³-hybridized carbons (Fsp3) is 0.308. The molecule has 0 saturated heterocycles. The molecule has 1 aromatic rings. The number of guanidine groups is 1. The van der Waals surface area contributed by atoms with E-state index in [-0.39, 0.29) is 42.3 Å². The zero-order valence-electron chi connectivity index (χ0n) is 11.2. The number of nitrogens with one attached hydrogen (secondary N) is 1. The zero-order chi connectivity index (χ0) is 14.3. The minimum atomic E-state index is -0.937. The topological polar surface area (TPSA) is 59.6 Å². The van der Waals surface area contributed by atoms with Crippen molar-refractivity contribution in [2.75, 3.05) is 19.7 Å². The summed E-state index contributed by atoms with van der Waals surface area (Å²) in [5, 5.41) is 2.83. The van der Waals surface area contributed by atoms with Crippen molar-refractivity contribution in [1.29, 1.82) is 0 Å². The summed E-state index contributed by atoms with van der Waals surface area (Å²) in [6, 6.07) is 3.37. The molecule has 1 rings (SSSR count). The highest BCUT2D eigenvalue weighted by atomic mass is 127. The van der Waals surface area contributed by atoms with E-state index in [4.69, 9.17) is 10.5 Å². The van der Waals surface area contributed by atoms with E-state index in [9.17, 15) is 8.78 Å². The van der Waals surface area contributed by atoms with Gasteiger partial charge in [0.15, 0.2) is 17.6 Å². The molecule has 0 aliphatic heterocycles. The van der Waals surface area contributed by atoms with Gasteiger partial charge in [-0.2, -0.15) is 0 Å². The summed E-state index contributed by atoms with van der Waals surface area (Å²) in [4.78, 5) is 4.01. The quantitative estimate of drug-likeness (QED) is 0.255. The summed E-state index contributed by atoms with van der Waals surface area (Å²) in [6.07, 6.45) is 0. The second kappa shape index (κ2) is 9.51. The molecule has 4 nitrogen and oxygen atoms in total. The third-order valence-corrected chi connectivity index (χ3v) is 2.09. The molecule has 0 atom stereocenters. The summed E-state index contributed by atoms with van der Waals surface area (Å²) < 4.78 is 30.8. The number of hydrogen-bond acceptors (Lipinski definition) is 2. The Bertz CT molecular complexity index is 481. The third kappa shape index (κ3) is 7.27. The molecule has 0 fully saturated rings. The van der Waals surface area contributed by atoms with Gasteiger partial charge >= 0.3 is 0 Å². The van der Waals surface area contributed by atoms with Crippen molar-refractivity contribution in [3.63, 3.8) is 0 Å². The standard InChI is InChI=1S/C13H17F2N3O.HI/c1-9(2)8-18-13(16)17-5-6-19-10-3-4-11(14)12(15)7-10;/h3-4,7H,1,5-6,8H2,2H3,(H3,16,17,18);1H. The number of halogens is 3. The zero-order valence-corrected chi connectivity index (χ0v) is 13.5. The van der Waals surface area contributed by atoms with E-state index in [1.807, 2.05) is 6.92 Å². The van der Waals surface area contributed by atoms with E-state index < -0.39 is 11.6 Å². The van der Waals surface area contributed by atoms with Crippen LogP contribution in [-0.4, -0.2) is 25.7 Å². The van der Waals surface area contributed by atoms with Crippen LogP contribution in [0.25, 0.3) is 0 Å². The molecule has 20 heavy (non-hydrogen) atoms. The van der Waals surface area contributed by atoms with E-state index in [1.54, 1.807) is 0 Å². The van der Waals surface area contributed by atoms with Gasteiger partial charge in [-0.15, -0.1) is 24.0 Å². The number of benzene rings is 1. The molecule has 0 aliphatic rings. The van der Waals surface area contributed by atoms with Crippen LogP contribution in [0.5, 0.6) is 5.75 Å². The van der Waals surface area contributed by atoms with Crippen molar-refractivity contribution < 1.29 is 13.5 Å². The van der Waals surface area contributed by atoms with Crippen molar-refractivity contribution in [2.45, 2.75) is 6.92 Å². The number of nitrogens with zero attached hydrogens (tertiary/aromatic N) is 1. The molecule has 0 aliphatic carbocycles. The van der Waals surface area contributed by atoms with Crippen LogP contribution in [0.2, 0.25) is 0 Å². The highest BCUT2D eigenvalue weighted by Crippen LogP contribution is 2.14. The van der Waals surface area contributed by atoms with Crippen molar-refractivity contribution in [2.24, 2.45) is 10.7 Å². The van der Waals surface area contributed by atoms with Gasteiger partial charge in [0.1, 0.15) is 12.4 Å². The van der Waals surface area contributed by atoms with Crippen LogP contribution in [-0.2, 0) is 0 Å². The fourth-order valence-electron chi connectivity index (χ4n) is 1.19. The average Bonchev–Trinajstić information content (AvgIpc) is 2.36. The molecule has 3 N–H and O–H groups in total. The highest BCUT2D eigenvalue weighted by Gasteiger charge is 2.02. The van der Waals surface area contributed by atoms with Crippen LogP contribution < -0.4 is 15.8 Å². The molecule has 0 saturated carbocycles.